The zero-order valence-corrected chi connectivity index (χ0v) is 20.1. The van der Waals surface area contributed by atoms with Crippen LogP contribution in [-0.4, -0.2) is 39.8 Å². The van der Waals surface area contributed by atoms with E-state index >= 15 is 0 Å². The van der Waals surface area contributed by atoms with Gasteiger partial charge in [-0.25, -0.2) is 5.48 Å². The van der Waals surface area contributed by atoms with Gasteiger partial charge >= 0.3 is 0 Å². The molecule has 2 amide bonds. The lowest BCUT2D eigenvalue weighted by Gasteiger charge is -2.15. The molecule has 0 aliphatic heterocycles. The number of hydroxylamine groups is 1. The summed E-state index contributed by atoms with van der Waals surface area (Å²) in [6.07, 6.45) is 3.04. The maximum Gasteiger partial charge on any atom is 0.255 e. The average Bonchev–Trinajstić information content (AvgIpc) is 3.67. The molecule has 0 heterocycles. The van der Waals surface area contributed by atoms with Gasteiger partial charge in [0.15, 0.2) is 5.78 Å². The normalized spacial score (nSPS) is 15.0. The van der Waals surface area contributed by atoms with Gasteiger partial charge in [0.05, 0.1) is 3.92 Å². The molecule has 1 fully saturated rings. The summed E-state index contributed by atoms with van der Waals surface area (Å²) in [4.78, 5) is 36.4. The molecule has 1 saturated carbocycles. The molecule has 2 unspecified atom stereocenters. The molecular weight excluding hydrogens is 521 g/mol. The van der Waals surface area contributed by atoms with Gasteiger partial charge in [-0.2, -0.15) is 0 Å². The number of carbonyl (C=O) groups excluding carboxylic acids is 3. The molecule has 1 aliphatic carbocycles. The number of ketones is 1. The number of carbonyl (C=O) groups is 3. The molecule has 0 saturated heterocycles. The molecule has 0 bridgehead atoms. The highest BCUT2D eigenvalue weighted by Gasteiger charge is 2.28. The van der Waals surface area contributed by atoms with Crippen LogP contribution in [0.2, 0.25) is 0 Å². The van der Waals surface area contributed by atoms with Crippen molar-refractivity contribution in [1.82, 2.24) is 16.1 Å². The highest BCUT2D eigenvalue weighted by molar-refractivity contribution is 14.1. The summed E-state index contributed by atoms with van der Waals surface area (Å²) in [5, 5.41) is 14.7. The van der Waals surface area contributed by atoms with Crippen LogP contribution in [0.3, 0.4) is 0 Å². The molecule has 7 nitrogen and oxygen atoms in total. The molecule has 2 atom stereocenters. The largest absolute Gasteiger partial charge is 0.358 e. The highest BCUT2D eigenvalue weighted by Crippen LogP contribution is 2.24. The minimum Gasteiger partial charge on any atom is -0.358 e. The molecule has 0 aromatic heterocycles. The summed E-state index contributed by atoms with van der Waals surface area (Å²) >= 11 is 2.03. The van der Waals surface area contributed by atoms with Crippen molar-refractivity contribution in [2.45, 2.75) is 42.2 Å². The lowest BCUT2D eigenvalue weighted by atomic mass is 9.96. The van der Waals surface area contributed by atoms with Gasteiger partial charge in [-0.15, -0.1) is 0 Å². The topological polar surface area (TPSA) is 108 Å². The van der Waals surface area contributed by atoms with Crippen molar-refractivity contribution < 1.29 is 19.6 Å². The first-order chi connectivity index (χ1) is 15.4. The van der Waals surface area contributed by atoms with Crippen molar-refractivity contribution in [2.75, 3.05) is 7.05 Å². The van der Waals surface area contributed by atoms with Crippen LogP contribution >= 0.6 is 22.6 Å². The number of halogens is 1. The van der Waals surface area contributed by atoms with E-state index in [0.29, 0.717) is 18.0 Å². The van der Waals surface area contributed by atoms with Crippen LogP contribution in [0.25, 0.3) is 11.1 Å². The van der Waals surface area contributed by atoms with E-state index < -0.39 is 21.7 Å². The summed E-state index contributed by atoms with van der Waals surface area (Å²) in [5.74, 6) is -2.37. The lowest BCUT2D eigenvalue weighted by Crippen LogP contribution is -2.39. The van der Waals surface area contributed by atoms with E-state index in [4.69, 9.17) is 5.21 Å². The van der Waals surface area contributed by atoms with Gasteiger partial charge in [0, 0.05) is 25.2 Å². The Morgan fingerprint density at radius 3 is 2.09 bits per heavy atom. The van der Waals surface area contributed by atoms with Gasteiger partial charge in [-0.1, -0.05) is 71.1 Å². The second kappa shape index (κ2) is 11.5. The molecule has 8 heteroatoms. The second-order valence-corrected chi connectivity index (χ2v) is 9.49. The van der Waals surface area contributed by atoms with Crippen molar-refractivity contribution in [1.29, 1.82) is 0 Å². The number of hydrogen-bond donors (Lipinski definition) is 4. The van der Waals surface area contributed by atoms with Crippen molar-refractivity contribution in [3.63, 3.8) is 0 Å². The number of Topliss-reactive ketones (excluding diaryl/α,β-unsaturated/α-hetero) is 1. The van der Waals surface area contributed by atoms with Gasteiger partial charge in [0.2, 0.25) is 5.91 Å². The molecule has 2 aromatic carbocycles. The average molecular weight is 549 g/mol. The summed E-state index contributed by atoms with van der Waals surface area (Å²) < 4.78 is -0.393. The quantitative estimate of drug-likeness (QED) is 0.0860. The van der Waals surface area contributed by atoms with Crippen LogP contribution in [0.5, 0.6) is 0 Å². The van der Waals surface area contributed by atoms with E-state index in [9.17, 15) is 14.4 Å². The smallest absolute Gasteiger partial charge is 0.255 e. The van der Waals surface area contributed by atoms with Crippen molar-refractivity contribution in [2.24, 2.45) is 5.92 Å². The predicted octanol–water partition coefficient (Wildman–Crippen LogP) is 3.24. The molecule has 170 valence electrons. The Kier molecular flexibility index (Phi) is 8.77. The van der Waals surface area contributed by atoms with E-state index in [0.717, 1.165) is 17.7 Å². The number of alkyl halides is 1. The first-order valence-electron chi connectivity index (χ1n) is 10.7. The minimum absolute atomic E-state index is 0.0567. The highest BCUT2D eigenvalue weighted by atomic mass is 127. The lowest BCUT2D eigenvalue weighted by molar-refractivity contribution is -0.140. The van der Waals surface area contributed by atoms with Gasteiger partial charge in [0.1, 0.15) is 5.92 Å². The van der Waals surface area contributed by atoms with Crippen LogP contribution in [0.15, 0.2) is 48.5 Å². The molecule has 0 radical (unpaired) electrons. The third kappa shape index (κ3) is 6.60. The fraction of sp³-hybridized carbons (Fsp3) is 0.375. The molecule has 3 rings (SSSR count). The van der Waals surface area contributed by atoms with E-state index in [1.165, 1.54) is 30.9 Å². The van der Waals surface area contributed by atoms with Crippen molar-refractivity contribution >= 4 is 40.2 Å². The zero-order chi connectivity index (χ0) is 23.1. The van der Waals surface area contributed by atoms with Crippen molar-refractivity contribution in [3.05, 3.63) is 59.7 Å². The Balaban J connectivity index is 1.57. The van der Waals surface area contributed by atoms with Crippen molar-refractivity contribution in [3.8, 4) is 11.1 Å². The maximum absolute atomic E-state index is 12.8. The van der Waals surface area contributed by atoms with Gasteiger partial charge in [-0.05, 0) is 42.4 Å². The minimum atomic E-state index is -1.04. The molecule has 2 aromatic rings. The van der Waals surface area contributed by atoms with Crippen LogP contribution in [0.4, 0.5) is 0 Å². The Bertz CT molecular complexity index is 927. The maximum atomic E-state index is 12.8. The van der Waals surface area contributed by atoms with Crippen LogP contribution in [0, 0.1) is 5.92 Å². The third-order valence-corrected chi connectivity index (χ3v) is 6.80. The third-order valence-electron chi connectivity index (χ3n) is 5.61. The van der Waals surface area contributed by atoms with E-state index in [2.05, 4.69) is 34.9 Å². The molecule has 4 N–H and O–H groups in total. The van der Waals surface area contributed by atoms with Crippen LogP contribution < -0.4 is 16.1 Å². The van der Waals surface area contributed by atoms with E-state index in [1.807, 2.05) is 46.9 Å². The molecule has 1 aliphatic rings. The van der Waals surface area contributed by atoms with Gasteiger partial charge < -0.3 is 10.6 Å². The van der Waals surface area contributed by atoms with Crippen LogP contribution in [-0.2, 0) is 16.1 Å². The Morgan fingerprint density at radius 2 is 1.56 bits per heavy atom. The Hall–Kier alpha value is -2.30. The SMILES string of the molecule is CNC(=O)C(CCC(I)C(=O)c1ccc(-c2ccc(CNC3CC3)cc2)cc1)C(=O)NO. The van der Waals surface area contributed by atoms with Crippen LogP contribution in [0.1, 0.15) is 41.6 Å². The number of nitrogens with one attached hydrogen (secondary N) is 3. The number of hydrogen-bond acceptors (Lipinski definition) is 5. The van der Waals surface area contributed by atoms with E-state index in [-0.39, 0.29) is 12.2 Å². The summed E-state index contributed by atoms with van der Waals surface area (Å²) in [6.45, 7) is 0.885. The van der Waals surface area contributed by atoms with Gasteiger partial charge in [-0.3, -0.25) is 19.6 Å². The summed E-state index contributed by atoms with van der Waals surface area (Å²) in [7, 11) is 1.42. The first kappa shape index (κ1) is 24.3. The Labute approximate surface area is 201 Å². The van der Waals surface area contributed by atoms with E-state index in [1.54, 1.807) is 0 Å². The fourth-order valence-electron chi connectivity index (χ4n) is 3.45. The standard InChI is InChI=1S/C24H28IN3O4/c1-26-23(30)20(24(31)28-32)12-13-21(25)22(29)18-8-6-17(7-9-18)16-4-2-15(3-5-16)14-27-19-10-11-19/h2-9,19-21,27,32H,10-14H2,1H3,(H,26,30)(H,28,31). The predicted molar refractivity (Wildman–Crippen MR) is 131 cm³/mol. The monoisotopic (exact) mass is 549 g/mol. The first-order valence-corrected chi connectivity index (χ1v) is 11.9. The summed E-state index contributed by atoms with van der Waals surface area (Å²) in [5.41, 5.74) is 5.48. The second-order valence-electron chi connectivity index (χ2n) is 7.98. The number of amides is 2. The molecular formula is C24H28IN3O4. The summed E-state index contributed by atoms with van der Waals surface area (Å²) in [6, 6.07) is 16.6. The zero-order valence-electron chi connectivity index (χ0n) is 17.9. The molecule has 32 heavy (non-hydrogen) atoms. The Morgan fingerprint density at radius 1 is 0.969 bits per heavy atom. The number of rotatable bonds is 11. The molecule has 0 spiro atoms. The fourth-order valence-corrected chi connectivity index (χ4v) is 4.17. The number of benzene rings is 2. The van der Waals surface area contributed by atoms with Gasteiger partial charge in [0.25, 0.3) is 5.91 Å².